The largest absolute Gasteiger partial charge is 0.467 e. The molecule has 0 saturated carbocycles. The SMILES string of the molecule is COC(=O)C(Nc1ccc(C(N)=S)cn1)C(C)C. The van der Waals surface area contributed by atoms with E-state index >= 15 is 0 Å². The van der Waals surface area contributed by atoms with Crippen LogP contribution in [0, 0.1) is 5.92 Å². The summed E-state index contributed by atoms with van der Waals surface area (Å²) in [4.78, 5) is 16.0. The second-order valence-corrected chi connectivity index (χ2v) is 4.63. The molecule has 1 atom stereocenters. The minimum Gasteiger partial charge on any atom is -0.467 e. The number of esters is 1. The zero-order chi connectivity index (χ0) is 13.7. The average molecular weight is 267 g/mol. The Labute approximate surface area is 112 Å². The molecular weight excluding hydrogens is 250 g/mol. The average Bonchev–Trinajstić information content (AvgIpc) is 2.35. The number of carbonyl (C=O) groups excluding carboxylic acids is 1. The van der Waals surface area contributed by atoms with Crippen molar-refractivity contribution in [2.75, 3.05) is 12.4 Å². The number of pyridine rings is 1. The van der Waals surface area contributed by atoms with Gasteiger partial charge < -0.3 is 15.8 Å². The summed E-state index contributed by atoms with van der Waals surface area (Å²) in [6.07, 6.45) is 1.57. The molecule has 98 valence electrons. The molecule has 5 nitrogen and oxygen atoms in total. The molecule has 18 heavy (non-hydrogen) atoms. The highest BCUT2D eigenvalue weighted by molar-refractivity contribution is 7.80. The van der Waals surface area contributed by atoms with Crippen molar-refractivity contribution in [3.63, 3.8) is 0 Å². The lowest BCUT2D eigenvalue weighted by Gasteiger charge is -2.20. The number of methoxy groups -OCH3 is 1. The van der Waals surface area contributed by atoms with Crippen LogP contribution in [-0.2, 0) is 9.53 Å². The van der Waals surface area contributed by atoms with Crippen molar-refractivity contribution in [1.82, 2.24) is 4.98 Å². The molecule has 0 aliphatic carbocycles. The molecule has 0 radical (unpaired) electrons. The summed E-state index contributed by atoms with van der Waals surface area (Å²) in [7, 11) is 1.36. The second-order valence-electron chi connectivity index (χ2n) is 4.19. The maximum atomic E-state index is 11.6. The highest BCUT2D eigenvalue weighted by Crippen LogP contribution is 2.12. The first-order valence-electron chi connectivity index (χ1n) is 5.56. The molecule has 0 aliphatic rings. The fourth-order valence-electron chi connectivity index (χ4n) is 1.41. The summed E-state index contributed by atoms with van der Waals surface area (Å²) in [6, 6.07) is 3.05. The van der Waals surface area contributed by atoms with Crippen molar-refractivity contribution < 1.29 is 9.53 Å². The van der Waals surface area contributed by atoms with Crippen molar-refractivity contribution in [3.8, 4) is 0 Å². The Hall–Kier alpha value is -1.69. The van der Waals surface area contributed by atoms with Gasteiger partial charge in [-0.2, -0.15) is 0 Å². The Kier molecular flexibility index (Phi) is 5.03. The van der Waals surface area contributed by atoms with Crippen LogP contribution in [0.1, 0.15) is 19.4 Å². The third-order valence-electron chi connectivity index (χ3n) is 2.47. The summed E-state index contributed by atoms with van der Waals surface area (Å²) in [5, 5.41) is 3.03. The molecule has 0 saturated heterocycles. The van der Waals surface area contributed by atoms with Gasteiger partial charge in [0.15, 0.2) is 0 Å². The molecule has 0 bridgehead atoms. The van der Waals surface area contributed by atoms with E-state index in [0.717, 1.165) is 0 Å². The minimum absolute atomic E-state index is 0.0921. The molecule has 0 aliphatic heterocycles. The lowest BCUT2D eigenvalue weighted by Crippen LogP contribution is -2.35. The molecule has 1 aromatic heterocycles. The number of nitrogens with one attached hydrogen (secondary N) is 1. The van der Waals surface area contributed by atoms with Crippen LogP contribution in [0.3, 0.4) is 0 Å². The van der Waals surface area contributed by atoms with Crippen molar-refractivity contribution in [1.29, 1.82) is 0 Å². The van der Waals surface area contributed by atoms with E-state index in [1.807, 2.05) is 13.8 Å². The summed E-state index contributed by atoms with van der Waals surface area (Å²) in [6.45, 7) is 3.86. The predicted molar refractivity (Wildman–Crippen MR) is 74.4 cm³/mol. The number of hydrogen-bond acceptors (Lipinski definition) is 5. The maximum absolute atomic E-state index is 11.6. The van der Waals surface area contributed by atoms with Gasteiger partial charge in [-0.05, 0) is 18.1 Å². The topological polar surface area (TPSA) is 77.2 Å². The van der Waals surface area contributed by atoms with E-state index in [1.54, 1.807) is 18.3 Å². The number of hydrogen-bond donors (Lipinski definition) is 2. The Morgan fingerprint density at radius 1 is 1.50 bits per heavy atom. The van der Waals surface area contributed by atoms with Crippen molar-refractivity contribution in [3.05, 3.63) is 23.9 Å². The van der Waals surface area contributed by atoms with Crippen LogP contribution in [0.4, 0.5) is 5.82 Å². The Morgan fingerprint density at radius 2 is 2.17 bits per heavy atom. The standard InChI is InChI=1S/C12H17N3O2S/c1-7(2)10(12(16)17-3)15-9-5-4-8(6-14-9)11(13)18/h4-7,10H,1-3H3,(H2,13,18)(H,14,15). The van der Waals surface area contributed by atoms with Gasteiger partial charge in [-0.25, -0.2) is 9.78 Å². The smallest absolute Gasteiger partial charge is 0.328 e. The zero-order valence-corrected chi connectivity index (χ0v) is 11.5. The molecule has 0 amide bonds. The second kappa shape index (κ2) is 6.30. The zero-order valence-electron chi connectivity index (χ0n) is 10.6. The first-order chi connectivity index (χ1) is 8.45. The van der Waals surface area contributed by atoms with Gasteiger partial charge in [-0.15, -0.1) is 0 Å². The van der Waals surface area contributed by atoms with Gasteiger partial charge >= 0.3 is 5.97 Å². The third-order valence-corrected chi connectivity index (χ3v) is 2.71. The van der Waals surface area contributed by atoms with Crippen molar-refractivity contribution in [2.45, 2.75) is 19.9 Å². The van der Waals surface area contributed by atoms with Gasteiger partial charge in [-0.3, -0.25) is 0 Å². The molecule has 1 unspecified atom stereocenters. The van der Waals surface area contributed by atoms with E-state index in [4.69, 9.17) is 22.7 Å². The highest BCUT2D eigenvalue weighted by atomic mass is 32.1. The number of anilines is 1. The van der Waals surface area contributed by atoms with Crippen molar-refractivity contribution in [2.24, 2.45) is 11.7 Å². The molecule has 3 N–H and O–H groups in total. The molecule has 1 aromatic rings. The molecular formula is C12H17N3O2S. The van der Waals surface area contributed by atoms with E-state index in [-0.39, 0.29) is 11.9 Å². The Balaban J connectivity index is 2.81. The number of rotatable bonds is 5. The van der Waals surface area contributed by atoms with Crippen molar-refractivity contribution >= 4 is 29.0 Å². The molecule has 6 heteroatoms. The van der Waals surface area contributed by atoms with Crippen LogP contribution in [-0.4, -0.2) is 29.1 Å². The quantitative estimate of drug-likeness (QED) is 0.619. The van der Waals surface area contributed by atoms with Crippen LogP contribution in [0.25, 0.3) is 0 Å². The summed E-state index contributed by atoms with van der Waals surface area (Å²) in [5.41, 5.74) is 6.17. The van der Waals surface area contributed by atoms with Gasteiger partial charge in [0.05, 0.1) is 7.11 Å². The lowest BCUT2D eigenvalue weighted by atomic mass is 10.0. The molecule has 0 spiro atoms. The number of nitrogens with zero attached hydrogens (tertiary/aromatic N) is 1. The van der Waals surface area contributed by atoms with Crippen LogP contribution in [0.2, 0.25) is 0 Å². The number of aromatic nitrogens is 1. The van der Waals surface area contributed by atoms with Gasteiger partial charge in [0.2, 0.25) is 0 Å². The minimum atomic E-state index is -0.432. The normalized spacial score (nSPS) is 12.0. The molecule has 0 aromatic carbocycles. The summed E-state index contributed by atoms with van der Waals surface area (Å²) >= 11 is 4.84. The van der Waals surface area contributed by atoms with E-state index in [0.29, 0.717) is 16.4 Å². The fraction of sp³-hybridized carbons (Fsp3) is 0.417. The van der Waals surface area contributed by atoms with Crippen LogP contribution < -0.4 is 11.1 Å². The molecule has 1 rings (SSSR count). The summed E-state index contributed by atoms with van der Waals surface area (Å²) in [5.74, 6) is 0.360. The van der Waals surface area contributed by atoms with Gasteiger partial charge in [0.1, 0.15) is 16.8 Å². The van der Waals surface area contributed by atoms with Crippen LogP contribution >= 0.6 is 12.2 Å². The monoisotopic (exact) mass is 267 g/mol. The van der Waals surface area contributed by atoms with Gasteiger partial charge in [-0.1, -0.05) is 26.1 Å². The maximum Gasteiger partial charge on any atom is 0.328 e. The lowest BCUT2D eigenvalue weighted by molar-refractivity contribution is -0.142. The third kappa shape index (κ3) is 3.66. The Bertz CT molecular complexity index is 431. The van der Waals surface area contributed by atoms with E-state index < -0.39 is 6.04 Å². The van der Waals surface area contributed by atoms with E-state index in [2.05, 4.69) is 10.3 Å². The van der Waals surface area contributed by atoms with Crippen LogP contribution in [0.5, 0.6) is 0 Å². The highest BCUT2D eigenvalue weighted by Gasteiger charge is 2.22. The number of nitrogens with two attached hydrogens (primary N) is 1. The summed E-state index contributed by atoms with van der Waals surface area (Å²) < 4.78 is 4.74. The Morgan fingerprint density at radius 3 is 2.56 bits per heavy atom. The van der Waals surface area contributed by atoms with Gasteiger partial charge in [0.25, 0.3) is 0 Å². The first kappa shape index (κ1) is 14.4. The predicted octanol–water partition coefficient (Wildman–Crippen LogP) is 1.33. The van der Waals surface area contributed by atoms with E-state index in [1.165, 1.54) is 7.11 Å². The molecule has 1 heterocycles. The fourth-order valence-corrected chi connectivity index (χ4v) is 1.53. The number of ether oxygens (including phenoxy) is 1. The molecule has 0 fully saturated rings. The number of thiocarbonyl (C=S) groups is 1. The first-order valence-corrected chi connectivity index (χ1v) is 5.96. The van der Waals surface area contributed by atoms with Gasteiger partial charge in [0, 0.05) is 11.8 Å². The van der Waals surface area contributed by atoms with Crippen LogP contribution in [0.15, 0.2) is 18.3 Å². The number of carbonyl (C=O) groups is 1. The van der Waals surface area contributed by atoms with E-state index in [9.17, 15) is 4.79 Å².